The van der Waals surface area contributed by atoms with Crippen LogP contribution in [0.1, 0.15) is 12.8 Å². The van der Waals surface area contributed by atoms with Crippen LogP contribution in [0.2, 0.25) is 0 Å². The van der Waals surface area contributed by atoms with Crippen LogP contribution in [0.15, 0.2) is 42.6 Å². The number of anilines is 2. The zero-order chi connectivity index (χ0) is 21.8. The number of hydrogen-bond acceptors (Lipinski definition) is 7. The van der Waals surface area contributed by atoms with Gasteiger partial charge in [-0.05, 0) is 25.0 Å². The van der Waals surface area contributed by atoms with Crippen molar-refractivity contribution in [3.05, 3.63) is 42.6 Å². The number of ether oxygens (including phenoxy) is 3. The third-order valence-corrected chi connectivity index (χ3v) is 5.48. The van der Waals surface area contributed by atoms with Gasteiger partial charge in [-0.1, -0.05) is 12.1 Å². The Morgan fingerprint density at radius 2 is 1.77 bits per heavy atom. The molecule has 162 valence electrons. The second kappa shape index (κ2) is 9.07. The molecule has 1 aromatic heterocycles. The van der Waals surface area contributed by atoms with Crippen LogP contribution in [0.4, 0.5) is 11.5 Å². The number of rotatable bonds is 6. The average molecular weight is 422 g/mol. The molecule has 0 unspecified atom stereocenters. The number of hydrogen-bond donors (Lipinski definition) is 1. The van der Waals surface area contributed by atoms with E-state index >= 15 is 0 Å². The molecular weight excluding hydrogens is 396 g/mol. The standard InChI is InChI=1S/C23H26N4O4/c1-29-19-11-16(12-20(30-2)22(19)31-3)25-23(28)15-7-6-10-27(14-15)21-13-24-17-8-4-5-9-18(17)26-21/h4-5,8-9,11-13,15H,6-7,10,14H2,1-3H3,(H,25,28)/t15-/m0/s1. The van der Waals surface area contributed by atoms with Crippen LogP contribution in [0.3, 0.4) is 0 Å². The van der Waals surface area contributed by atoms with Crippen LogP contribution in [0, 0.1) is 5.92 Å². The molecule has 0 aliphatic carbocycles. The Kier molecular flexibility index (Phi) is 6.06. The fraction of sp³-hybridized carbons (Fsp3) is 0.348. The van der Waals surface area contributed by atoms with E-state index in [4.69, 9.17) is 19.2 Å². The van der Waals surface area contributed by atoms with Crippen LogP contribution < -0.4 is 24.4 Å². The summed E-state index contributed by atoms with van der Waals surface area (Å²) in [6, 6.07) is 11.2. The maximum Gasteiger partial charge on any atom is 0.229 e. The Morgan fingerprint density at radius 1 is 1.06 bits per heavy atom. The highest BCUT2D eigenvalue weighted by atomic mass is 16.5. The zero-order valence-electron chi connectivity index (χ0n) is 17.9. The lowest BCUT2D eigenvalue weighted by molar-refractivity contribution is -0.120. The molecule has 1 aliphatic heterocycles. The van der Waals surface area contributed by atoms with Crippen LogP contribution in [-0.2, 0) is 4.79 Å². The van der Waals surface area contributed by atoms with Gasteiger partial charge in [0.05, 0.1) is 44.5 Å². The molecule has 0 spiro atoms. The monoisotopic (exact) mass is 422 g/mol. The molecule has 0 radical (unpaired) electrons. The molecule has 1 atom stereocenters. The van der Waals surface area contributed by atoms with E-state index in [1.807, 2.05) is 24.3 Å². The smallest absolute Gasteiger partial charge is 0.229 e. The first kappa shape index (κ1) is 20.7. The van der Waals surface area contributed by atoms with Crippen LogP contribution in [0.5, 0.6) is 17.2 Å². The number of carbonyl (C=O) groups excluding carboxylic acids is 1. The quantitative estimate of drug-likeness (QED) is 0.651. The Morgan fingerprint density at radius 3 is 2.45 bits per heavy atom. The van der Waals surface area contributed by atoms with Gasteiger partial charge in [0.1, 0.15) is 5.82 Å². The van der Waals surface area contributed by atoms with Crippen molar-refractivity contribution in [2.24, 2.45) is 5.92 Å². The van der Waals surface area contributed by atoms with Gasteiger partial charge in [-0.2, -0.15) is 0 Å². The highest BCUT2D eigenvalue weighted by molar-refractivity contribution is 5.93. The molecule has 1 aliphatic rings. The molecule has 0 bridgehead atoms. The van der Waals surface area contributed by atoms with Crippen molar-refractivity contribution >= 4 is 28.4 Å². The number of nitrogens with zero attached hydrogens (tertiary/aromatic N) is 3. The first-order valence-corrected chi connectivity index (χ1v) is 10.2. The van der Waals surface area contributed by atoms with E-state index in [2.05, 4.69) is 15.2 Å². The van der Waals surface area contributed by atoms with Gasteiger partial charge in [0, 0.05) is 30.9 Å². The lowest BCUT2D eigenvalue weighted by Crippen LogP contribution is -2.41. The summed E-state index contributed by atoms with van der Waals surface area (Å²) in [5.74, 6) is 2.06. The molecule has 1 N–H and O–H groups in total. The lowest BCUT2D eigenvalue weighted by atomic mass is 9.97. The highest BCUT2D eigenvalue weighted by Gasteiger charge is 2.27. The summed E-state index contributed by atoms with van der Waals surface area (Å²) in [5.41, 5.74) is 2.31. The molecule has 31 heavy (non-hydrogen) atoms. The van der Waals surface area contributed by atoms with Crippen molar-refractivity contribution in [1.82, 2.24) is 9.97 Å². The van der Waals surface area contributed by atoms with E-state index in [-0.39, 0.29) is 11.8 Å². The van der Waals surface area contributed by atoms with Gasteiger partial charge in [0.2, 0.25) is 11.7 Å². The van der Waals surface area contributed by atoms with E-state index < -0.39 is 0 Å². The summed E-state index contributed by atoms with van der Waals surface area (Å²) in [5, 5.41) is 3.00. The third-order valence-electron chi connectivity index (χ3n) is 5.48. The number of amides is 1. The Bertz CT molecular complexity index is 1060. The van der Waals surface area contributed by atoms with Crippen molar-refractivity contribution < 1.29 is 19.0 Å². The minimum absolute atomic E-state index is 0.0484. The van der Waals surface area contributed by atoms with Gasteiger partial charge in [0.25, 0.3) is 0 Å². The summed E-state index contributed by atoms with van der Waals surface area (Å²) >= 11 is 0. The van der Waals surface area contributed by atoms with Crippen LogP contribution >= 0.6 is 0 Å². The van der Waals surface area contributed by atoms with Crippen molar-refractivity contribution in [3.8, 4) is 17.2 Å². The topological polar surface area (TPSA) is 85.8 Å². The number of methoxy groups -OCH3 is 3. The number of benzene rings is 2. The van der Waals surface area contributed by atoms with Gasteiger partial charge in [0.15, 0.2) is 11.5 Å². The van der Waals surface area contributed by atoms with Crippen molar-refractivity contribution in [2.45, 2.75) is 12.8 Å². The maximum atomic E-state index is 13.0. The van der Waals surface area contributed by atoms with E-state index in [0.29, 0.717) is 29.5 Å². The summed E-state index contributed by atoms with van der Waals surface area (Å²) in [6.07, 6.45) is 3.50. The number of carbonyl (C=O) groups is 1. The fourth-order valence-electron chi connectivity index (χ4n) is 3.90. The Labute approximate surface area is 181 Å². The van der Waals surface area contributed by atoms with E-state index in [1.165, 1.54) is 0 Å². The second-order valence-corrected chi connectivity index (χ2v) is 7.41. The summed E-state index contributed by atoms with van der Waals surface area (Å²) in [4.78, 5) is 24.4. The molecule has 4 rings (SSSR count). The van der Waals surface area contributed by atoms with Crippen molar-refractivity contribution in [2.75, 3.05) is 44.6 Å². The van der Waals surface area contributed by atoms with Gasteiger partial charge in [-0.25, -0.2) is 4.98 Å². The van der Waals surface area contributed by atoms with E-state index in [1.54, 1.807) is 39.7 Å². The Hall–Kier alpha value is -3.55. The van der Waals surface area contributed by atoms with Crippen LogP contribution in [0.25, 0.3) is 11.0 Å². The highest BCUT2D eigenvalue weighted by Crippen LogP contribution is 2.40. The molecular formula is C23H26N4O4. The van der Waals surface area contributed by atoms with Crippen LogP contribution in [-0.4, -0.2) is 50.3 Å². The zero-order valence-corrected chi connectivity index (χ0v) is 17.9. The maximum absolute atomic E-state index is 13.0. The third kappa shape index (κ3) is 4.33. The van der Waals surface area contributed by atoms with Gasteiger partial charge in [-0.3, -0.25) is 9.78 Å². The summed E-state index contributed by atoms with van der Waals surface area (Å²) in [7, 11) is 4.64. The van der Waals surface area contributed by atoms with Gasteiger partial charge in [-0.15, -0.1) is 0 Å². The van der Waals surface area contributed by atoms with Gasteiger partial charge >= 0.3 is 0 Å². The molecule has 1 saturated heterocycles. The molecule has 3 aromatic rings. The van der Waals surface area contributed by atoms with Gasteiger partial charge < -0.3 is 24.4 Å². The molecule has 0 saturated carbocycles. The predicted molar refractivity (Wildman–Crippen MR) is 119 cm³/mol. The summed E-state index contributed by atoms with van der Waals surface area (Å²) in [6.45, 7) is 1.43. The largest absolute Gasteiger partial charge is 0.493 e. The normalized spacial score (nSPS) is 16.1. The minimum atomic E-state index is -0.166. The first-order chi connectivity index (χ1) is 15.1. The SMILES string of the molecule is COc1cc(NC(=O)[C@H]2CCCN(c3cnc4ccccc4n3)C2)cc(OC)c1OC. The number of piperidine rings is 1. The molecule has 1 fully saturated rings. The Balaban J connectivity index is 1.50. The molecule has 2 heterocycles. The predicted octanol–water partition coefficient (Wildman–Crippen LogP) is 3.51. The number of para-hydroxylation sites is 2. The molecule has 1 amide bonds. The first-order valence-electron chi connectivity index (χ1n) is 10.2. The second-order valence-electron chi connectivity index (χ2n) is 7.41. The van der Waals surface area contributed by atoms with E-state index in [9.17, 15) is 4.79 Å². The average Bonchev–Trinajstić information content (AvgIpc) is 2.83. The molecule has 2 aromatic carbocycles. The molecule has 8 nitrogen and oxygen atoms in total. The number of aromatic nitrogens is 2. The van der Waals surface area contributed by atoms with E-state index in [0.717, 1.165) is 36.2 Å². The summed E-state index contributed by atoms with van der Waals surface area (Å²) < 4.78 is 16.1. The lowest BCUT2D eigenvalue weighted by Gasteiger charge is -2.32. The van der Waals surface area contributed by atoms with Crippen molar-refractivity contribution in [1.29, 1.82) is 0 Å². The number of nitrogens with one attached hydrogen (secondary N) is 1. The fourth-order valence-corrected chi connectivity index (χ4v) is 3.90. The minimum Gasteiger partial charge on any atom is -0.493 e. The molecule has 8 heteroatoms. The van der Waals surface area contributed by atoms with Crippen molar-refractivity contribution in [3.63, 3.8) is 0 Å². The number of fused-ring (bicyclic) bond motifs is 1.